The molecule has 0 bridgehead atoms. The molecule has 2 aromatic carbocycles. The van der Waals surface area contributed by atoms with Gasteiger partial charge < -0.3 is 15.0 Å². The molecule has 160 valence electrons. The first kappa shape index (κ1) is 20.9. The molecule has 0 atom stereocenters. The molecule has 4 rings (SSSR count). The number of fused-ring (bicyclic) bond motifs is 1. The number of carbonyl (C=O) groups excluding carboxylic acids is 1. The van der Waals surface area contributed by atoms with E-state index in [1.165, 1.54) is 43.6 Å². The topological polar surface area (TPSA) is 104 Å². The summed E-state index contributed by atoms with van der Waals surface area (Å²) >= 11 is 0. The van der Waals surface area contributed by atoms with Crippen LogP contribution < -0.4 is 10.1 Å². The Morgan fingerprint density at radius 3 is 2.72 bits per heavy atom. The molecule has 1 amide bonds. The number of alkyl halides is 3. The monoisotopic (exact) mass is 437 g/mol. The number of carbonyl (C=O) groups is 1. The third kappa shape index (κ3) is 4.22. The van der Waals surface area contributed by atoms with E-state index in [1.54, 1.807) is 12.1 Å². The summed E-state index contributed by atoms with van der Waals surface area (Å²) in [5, 5.41) is 11.8. The molecule has 0 radical (unpaired) electrons. The van der Waals surface area contributed by atoms with Gasteiger partial charge in [-0.1, -0.05) is 6.07 Å². The quantitative estimate of drug-likeness (QED) is 0.453. The number of imidazole rings is 1. The van der Waals surface area contributed by atoms with Crippen LogP contribution in [0.2, 0.25) is 0 Å². The first-order chi connectivity index (χ1) is 15.2. The van der Waals surface area contributed by atoms with E-state index in [0.29, 0.717) is 16.7 Å². The van der Waals surface area contributed by atoms with Gasteiger partial charge in [0.25, 0.3) is 0 Å². The predicted octanol–water partition coefficient (Wildman–Crippen LogP) is 5.27. The number of pyridine rings is 1. The fourth-order valence-electron chi connectivity index (χ4n) is 3.14. The summed E-state index contributed by atoms with van der Waals surface area (Å²) in [6.45, 7) is 1.32. The molecule has 4 aromatic rings. The molecule has 0 fully saturated rings. The Balaban J connectivity index is 1.75. The van der Waals surface area contributed by atoms with Gasteiger partial charge in [0.05, 0.1) is 23.1 Å². The number of nitrogens with zero attached hydrogens (tertiary/aromatic N) is 3. The summed E-state index contributed by atoms with van der Waals surface area (Å²) in [4.78, 5) is 22.2. The molecule has 0 spiro atoms. The van der Waals surface area contributed by atoms with Gasteiger partial charge in [0.1, 0.15) is 23.1 Å². The molecule has 0 aliphatic carbocycles. The summed E-state index contributed by atoms with van der Waals surface area (Å²) in [7, 11) is 0. The van der Waals surface area contributed by atoms with Crippen molar-refractivity contribution in [1.29, 1.82) is 5.26 Å². The largest absolute Gasteiger partial charge is 0.457 e. The van der Waals surface area contributed by atoms with Crippen molar-refractivity contribution in [2.45, 2.75) is 13.1 Å². The standard InChI is InChI=1S/C22H14F3N5O2/c1-12(31)29-14-3-2-4-15(8-14)32-20-6-5-13(7-16(20)22(23,24)25)17-9-18-21(28-11-27-18)19(10-26)30-17/h2-9,11H,1H3,(H,27,28)(H,29,31). The number of amides is 1. The lowest BCUT2D eigenvalue weighted by molar-refractivity contribution is -0.138. The maximum absolute atomic E-state index is 13.8. The highest BCUT2D eigenvalue weighted by molar-refractivity contribution is 5.88. The third-order valence-corrected chi connectivity index (χ3v) is 4.48. The molecule has 7 nitrogen and oxygen atoms in total. The maximum atomic E-state index is 13.8. The van der Waals surface area contributed by atoms with E-state index in [-0.39, 0.29) is 28.6 Å². The van der Waals surface area contributed by atoms with Gasteiger partial charge >= 0.3 is 6.18 Å². The van der Waals surface area contributed by atoms with Gasteiger partial charge in [-0.2, -0.15) is 18.4 Å². The molecular weight excluding hydrogens is 423 g/mol. The third-order valence-electron chi connectivity index (χ3n) is 4.48. The maximum Gasteiger partial charge on any atom is 0.420 e. The molecular formula is C22H14F3N5O2. The van der Waals surface area contributed by atoms with Crippen LogP contribution in [0.4, 0.5) is 18.9 Å². The molecule has 2 aromatic heterocycles. The van der Waals surface area contributed by atoms with Gasteiger partial charge in [0.15, 0.2) is 5.69 Å². The highest BCUT2D eigenvalue weighted by Gasteiger charge is 2.35. The lowest BCUT2D eigenvalue weighted by Gasteiger charge is -2.16. The average Bonchev–Trinajstić information content (AvgIpc) is 3.21. The summed E-state index contributed by atoms with van der Waals surface area (Å²) in [6.07, 6.45) is -3.33. The van der Waals surface area contributed by atoms with Gasteiger partial charge in [-0.15, -0.1) is 0 Å². The van der Waals surface area contributed by atoms with Gasteiger partial charge in [0.2, 0.25) is 5.91 Å². The van der Waals surface area contributed by atoms with E-state index in [1.807, 2.05) is 6.07 Å². The van der Waals surface area contributed by atoms with Crippen molar-refractivity contribution in [1.82, 2.24) is 15.0 Å². The van der Waals surface area contributed by atoms with Crippen LogP contribution in [-0.4, -0.2) is 20.9 Å². The predicted molar refractivity (Wildman–Crippen MR) is 110 cm³/mol. The second-order valence-electron chi connectivity index (χ2n) is 6.79. The van der Waals surface area contributed by atoms with Crippen LogP contribution in [0.15, 0.2) is 54.9 Å². The molecule has 0 saturated heterocycles. The van der Waals surface area contributed by atoms with E-state index in [0.717, 1.165) is 6.07 Å². The minimum Gasteiger partial charge on any atom is -0.457 e. The van der Waals surface area contributed by atoms with Crippen LogP contribution in [0, 0.1) is 11.3 Å². The highest BCUT2D eigenvalue weighted by atomic mass is 19.4. The van der Waals surface area contributed by atoms with Gasteiger partial charge in [0, 0.05) is 24.2 Å². The fourth-order valence-corrected chi connectivity index (χ4v) is 3.14. The van der Waals surface area contributed by atoms with Crippen molar-refractivity contribution in [3.05, 3.63) is 66.1 Å². The van der Waals surface area contributed by atoms with Crippen LogP contribution in [-0.2, 0) is 11.0 Å². The molecule has 0 unspecified atom stereocenters. The zero-order chi connectivity index (χ0) is 22.9. The van der Waals surface area contributed by atoms with Crippen molar-refractivity contribution in [2.24, 2.45) is 0 Å². The van der Waals surface area contributed by atoms with Crippen molar-refractivity contribution in [3.63, 3.8) is 0 Å². The van der Waals surface area contributed by atoms with Crippen LogP contribution >= 0.6 is 0 Å². The SMILES string of the molecule is CC(=O)Nc1cccc(Oc2ccc(-c3cc4[nH]cnc4c(C#N)n3)cc2C(F)(F)F)c1. The van der Waals surface area contributed by atoms with Gasteiger partial charge in [-0.3, -0.25) is 4.79 Å². The first-order valence-electron chi connectivity index (χ1n) is 9.26. The number of nitrogens with one attached hydrogen (secondary N) is 2. The number of benzene rings is 2. The van der Waals surface area contributed by atoms with E-state index in [9.17, 15) is 23.2 Å². The van der Waals surface area contributed by atoms with Crippen LogP contribution in [0.25, 0.3) is 22.3 Å². The number of halogens is 3. The second kappa shape index (κ2) is 8.03. The summed E-state index contributed by atoms with van der Waals surface area (Å²) in [5.41, 5.74) is 0.544. The number of nitriles is 1. The Hall–Kier alpha value is -4.39. The molecule has 10 heteroatoms. The zero-order valence-electron chi connectivity index (χ0n) is 16.5. The number of H-pyrrole nitrogens is 1. The van der Waals surface area contributed by atoms with Gasteiger partial charge in [-0.25, -0.2) is 9.97 Å². The number of anilines is 1. The minimum absolute atomic E-state index is 0.00224. The Morgan fingerprint density at radius 1 is 1.19 bits per heavy atom. The van der Waals surface area contributed by atoms with E-state index in [2.05, 4.69) is 20.3 Å². The summed E-state index contributed by atoms with van der Waals surface area (Å²) < 4.78 is 47.0. The molecule has 2 N–H and O–H groups in total. The number of aromatic amines is 1. The van der Waals surface area contributed by atoms with Crippen LogP contribution in [0.3, 0.4) is 0 Å². The number of ether oxygens (including phenoxy) is 1. The highest BCUT2D eigenvalue weighted by Crippen LogP contribution is 2.40. The van der Waals surface area contributed by atoms with Crippen molar-refractivity contribution in [2.75, 3.05) is 5.32 Å². The fraction of sp³-hybridized carbons (Fsp3) is 0.0909. The lowest BCUT2D eigenvalue weighted by Crippen LogP contribution is -2.08. The van der Waals surface area contributed by atoms with E-state index < -0.39 is 17.5 Å². The van der Waals surface area contributed by atoms with Crippen LogP contribution in [0.5, 0.6) is 11.5 Å². The number of hydrogen-bond acceptors (Lipinski definition) is 5. The molecule has 32 heavy (non-hydrogen) atoms. The van der Waals surface area contributed by atoms with E-state index in [4.69, 9.17) is 4.74 Å². The van der Waals surface area contributed by atoms with Gasteiger partial charge in [-0.05, 0) is 36.4 Å². The van der Waals surface area contributed by atoms with Crippen molar-refractivity contribution >= 4 is 22.6 Å². The minimum atomic E-state index is -4.71. The lowest BCUT2D eigenvalue weighted by atomic mass is 10.1. The molecule has 0 aliphatic heterocycles. The number of rotatable bonds is 4. The second-order valence-corrected chi connectivity index (χ2v) is 6.79. The Morgan fingerprint density at radius 2 is 2.00 bits per heavy atom. The zero-order valence-corrected chi connectivity index (χ0v) is 16.5. The normalized spacial score (nSPS) is 11.2. The Bertz CT molecular complexity index is 1370. The Labute approximate surface area is 179 Å². The number of hydrogen-bond donors (Lipinski definition) is 2. The van der Waals surface area contributed by atoms with Crippen LogP contribution in [0.1, 0.15) is 18.2 Å². The first-order valence-corrected chi connectivity index (χ1v) is 9.26. The molecule has 0 aliphatic rings. The van der Waals surface area contributed by atoms with Crippen molar-refractivity contribution in [3.8, 4) is 28.8 Å². The Kier molecular flexibility index (Phi) is 5.24. The number of aromatic nitrogens is 3. The summed E-state index contributed by atoms with van der Waals surface area (Å²) in [6, 6.07) is 13.0. The molecule has 2 heterocycles. The van der Waals surface area contributed by atoms with E-state index >= 15 is 0 Å². The molecule has 0 saturated carbocycles. The average molecular weight is 437 g/mol. The summed E-state index contributed by atoms with van der Waals surface area (Å²) in [5.74, 6) is -0.608. The smallest absolute Gasteiger partial charge is 0.420 e. The van der Waals surface area contributed by atoms with Crippen molar-refractivity contribution < 1.29 is 22.7 Å².